The fourth-order valence-electron chi connectivity index (χ4n) is 1.29. The Bertz CT molecular complexity index is 456. The standard InChI is InChI=1S/C12H18O2S/c1-10(11-8-6-5-7-9-11)15(13,14)12(2,3)4/h5-10H,1-4H3/t10-/m1/s1/i10D. The van der Waals surface area contributed by atoms with Crippen LogP contribution < -0.4 is 0 Å². The van der Waals surface area contributed by atoms with Crippen molar-refractivity contribution < 1.29 is 9.79 Å². The summed E-state index contributed by atoms with van der Waals surface area (Å²) in [4.78, 5) is 0. The molecule has 1 atom stereocenters. The van der Waals surface area contributed by atoms with Crippen LogP contribution >= 0.6 is 0 Å². The lowest BCUT2D eigenvalue weighted by molar-refractivity contribution is 0.549. The van der Waals surface area contributed by atoms with Crippen LogP contribution in [0, 0.1) is 0 Å². The van der Waals surface area contributed by atoms with Crippen LogP contribution in [0.4, 0.5) is 0 Å². The largest absolute Gasteiger partial charge is 0.228 e. The molecule has 0 saturated heterocycles. The summed E-state index contributed by atoms with van der Waals surface area (Å²) in [5.74, 6) is 0. The molecule has 0 spiro atoms. The Labute approximate surface area is 93.7 Å². The fourth-order valence-corrected chi connectivity index (χ4v) is 2.65. The van der Waals surface area contributed by atoms with Gasteiger partial charge in [-0.25, -0.2) is 8.42 Å². The van der Waals surface area contributed by atoms with Crippen molar-refractivity contribution in [3.8, 4) is 0 Å². The summed E-state index contributed by atoms with van der Waals surface area (Å²) >= 11 is 0. The van der Waals surface area contributed by atoms with E-state index in [9.17, 15) is 8.42 Å². The third-order valence-corrected chi connectivity index (χ3v) is 5.04. The van der Waals surface area contributed by atoms with Gasteiger partial charge in [-0.05, 0) is 33.3 Å². The molecule has 0 aliphatic rings. The van der Waals surface area contributed by atoms with Crippen LogP contribution in [0.3, 0.4) is 0 Å². The molecule has 1 aromatic carbocycles. The van der Waals surface area contributed by atoms with E-state index in [-0.39, 0.29) is 0 Å². The van der Waals surface area contributed by atoms with Gasteiger partial charge in [0, 0.05) is 0 Å². The molecule has 2 nitrogen and oxygen atoms in total. The lowest BCUT2D eigenvalue weighted by atomic mass is 10.2. The van der Waals surface area contributed by atoms with Crippen molar-refractivity contribution in [1.82, 2.24) is 0 Å². The SMILES string of the molecule is [2H][C@@](C)(c1ccccc1)S(=O)(=O)C(C)(C)C. The van der Waals surface area contributed by atoms with E-state index in [4.69, 9.17) is 1.37 Å². The summed E-state index contributed by atoms with van der Waals surface area (Å²) in [5, 5.41) is -1.60. The van der Waals surface area contributed by atoms with Gasteiger partial charge < -0.3 is 0 Å². The van der Waals surface area contributed by atoms with Gasteiger partial charge in [-0.3, -0.25) is 0 Å². The minimum Gasteiger partial charge on any atom is -0.228 e. The third-order valence-electron chi connectivity index (χ3n) is 2.39. The molecule has 0 bridgehead atoms. The van der Waals surface area contributed by atoms with Gasteiger partial charge in [-0.2, -0.15) is 0 Å². The van der Waals surface area contributed by atoms with Gasteiger partial charge in [0.25, 0.3) is 0 Å². The smallest absolute Gasteiger partial charge is 0.161 e. The molecule has 0 aromatic heterocycles. The van der Waals surface area contributed by atoms with Gasteiger partial charge >= 0.3 is 0 Å². The maximum absolute atomic E-state index is 12.3. The summed E-state index contributed by atoms with van der Waals surface area (Å²) in [7, 11) is -3.56. The monoisotopic (exact) mass is 227 g/mol. The van der Waals surface area contributed by atoms with Crippen molar-refractivity contribution in [3.63, 3.8) is 0 Å². The van der Waals surface area contributed by atoms with E-state index in [0.717, 1.165) is 0 Å². The molecule has 0 N–H and O–H groups in total. The summed E-state index contributed by atoms with van der Waals surface area (Å²) < 4.78 is 31.8. The lowest BCUT2D eigenvalue weighted by Crippen LogP contribution is -2.31. The number of sulfone groups is 1. The molecule has 0 aliphatic carbocycles. The van der Waals surface area contributed by atoms with Crippen molar-refractivity contribution in [1.29, 1.82) is 0 Å². The Morgan fingerprint density at radius 2 is 1.67 bits per heavy atom. The first-order valence-electron chi connectivity index (χ1n) is 5.40. The van der Waals surface area contributed by atoms with Crippen molar-refractivity contribution in [2.24, 2.45) is 0 Å². The van der Waals surface area contributed by atoms with Gasteiger partial charge in [0.05, 0.1) is 11.3 Å². The lowest BCUT2D eigenvalue weighted by Gasteiger charge is -2.24. The summed E-state index contributed by atoms with van der Waals surface area (Å²) in [6, 6.07) is 8.66. The van der Waals surface area contributed by atoms with E-state index >= 15 is 0 Å². The fraction of sp³-hybridized carbons (Fsp3) is 0.500. The Balaban J connectivity index is 3.34. The van der Waals surface area contributed by atoms with E-state index in [1.54, 1.807) is 45.0 Å². The summed E-state index contributed by atoms with van der Waals surface area (Å²) in [5.41, 5.74) is 0.505. The van der Waals surface area contributed by atoms with Crippen molar-refractivity contribution in [2.45, 2.75) is 37.7 Å². The Morgan fingerprint density at radius 1 is 1.20 bits per heavy atom. The van der Waals surface area contributed by atoms with Crippen LogP contribution in [0.5, 0.6) is 0 Å². The van der Waals surface area contributed by atoms with E-state index in [0.29, 0.717) is 5.56 Å². The first-order chi connectivity index (χ1) is 7.11. The molecule has 0 heterocycles. The van der Waals surface area contributed by atoms with Gasteiger partial charge in [0.15, 0.2) is 9.84 Å². The minimum absolute atomic E-state index is 0.505. The van der Waals surface area contributed by atoms with E-state index in [1.807, 2.05) is 6.07 Å². The van der Waals surface area contributed by atoms with Crippen LogP contribution in [0.1, 0.15) is 39.9 Å². The highest BCUT2D eigenvalue weighted by atomic mass is 32.2. The second kappa shape index (κ2) is 3.97. The maximum atomic E-state index is 12.3. The molecule has 1 rings (SSSR count). The van der Waals surface area contributed by atoms with Gasteiger partial charge in [-0.1, -0.05) is 30.3 Å². The average molecular weight is 227 g/mol. The van der Waals surface area contributed by atoms with Gasteiger partial charge in [0.2, 0.25) is 0 Å². The van der Waals surface area contributed by atoms with E-state index in [1.165, 1.54) is 6.92 Å². The molecular formula is C12H18O2S. The molecule has 0 aliphatic heterocycles. The number of benzene rings is 1. The molecule has 84 valence electrons. The quantitative estimate of drug-likeness (QED) is 0.778. The molecule has 3 heteroatoms. The summed E-state index contributed by atoms with van der Waals surface area (Å²) in [6.07, 6.45) is 0. The van der Waals surface area contributed by atoms with Crippen LogP contribution in [0.2, 0.25) is 0 Å². The predicted molar refractivity (Wildman–Crippen MR) is 63.5 cm³/mol. The average Bonchev–Trinajstić information content (AvgIpc) is 2.17. The number of hydrogen-bond donors (Lipinski definition) is 0. The first kappa shape index (κ1) is 10.7. The summed E-state index contributed by atoms with van der Waals surface area (Å²) in [6.45, 7) is 6.30. The molecule has 0 radical (unpaired) electrons. The van der Waals surface area contributed by atoms with E-state index in [2.05, 4.69) is 0 Å². The van der Waals surface area contributed by atoms with Crippen molar-refractivity contribution in [2.75, 3.05) is 0 Å². The Kier molecular flexibility index (Phi) is 2.83. The van der Waals surface area contributed by atoms with Crippen LogP contribution in [-0.4, -0.2) is 13.2 Å². The minimum atomic E-state index is -3.56. The van der Waals surface area contributed by atoms with Crippen molar-refractivity contribution in [3.05, 3.63) is 35.9 Å². The van der Waals surface area contributed by atoms with Crippen LogP contribution in [-0.2, 0) is 9.84 Å². The molecule has 1 aromatic rings. The second-order valence-electron chi connectivity index (χ2n) is 4.54. The maximum Gasteiger partial charge on any atom is 0.161 e. The molecule has 0 amide bonds. The Hall–Kier alpha value is -0.830. The topological polar surface area (TPSA) is 34.1 Å². The zero-order chi connectivity index (χ0) is 12.6. The highest BCUT2D eigenvalue weighted by Gasteiger charge is 2.34. The van der Waals surface area contributed by atoms with Crippen LogP contribution in [0.15, 0.2) is 30.3 Å². The van der Waals surface area contributed by atoms with Gasteiger partial charge in [0.1, 0.15) is 0 Å². The predicted octanol–water partition coefficient (Wildman–Crippen LogP) is 2.96. The molecular weight excluding hydrogens is 208 g/mol. The highest BCUT2D eigenvalue weighted by Crippen LogP contribution is 2.30. The van der Waals surface area contributed by atoms with Crippen LogP contribution in [0.25, 0.3) is 0 Å². The van der Waals surface area contributed by atoms with E-state index < -0.39 is 19.8 Å². The molecule has 0 saturated carbocycles. The molecule has 15 heavy (non-hydrogen) atoms. The van der Waals surface area contributed by atoms with Gasteiger partial charge in [-0.15, -0.1) is 0 Å². The number of rotatable bonds is 2. The zero-order valence-electron chi connectivity index (χ0n) is 10.6. The zero-order valence-corrected chi connectivity index (χ0v) is 10.4. The normalized spacial score (nSPS) is 18.0. The first-order valence-corrected chi connectivity index (χ1v) is 6.39. The second-order valence-corrected chi connectivity index (χ2v) is 7.38. The Morgan fingerprint density at radius 3 is 2.07 bits per heavy atom. The molecule has 0 fully saturated rings. The molecule has 0 unspecified atom stereocenters. The number of hydrogen-bond acceptors (Lipinski definition) is 2. The highest BCUT2D eigenvalue weighted by molar-refractivity contribution is 7.92. The third kappa shape index (κ3) is 2.40. The van der Waals surface area contributed by atoms with Crippen molar-refractivity contribution >= 4 is 9.84 Å².